The van der Waals surface area contributed by atoms with Gasteiger partial charge in [0.15, 0.2) is 0 Å². The summed E-state index contributed by atoms with van der Waals surface area (Å²) in [6.45, 7) is 4.82. The molecule has 1 amide bonds. The first-order valence-electron chi connectivity index (χ1n) is 9.56. The van der Waals surface area contributed by atoms with E-state index in [1.54, 1.807) is 20.8 Å². The van der Waals surface area contributed by atoms with Gasteiger partial charge >= 0.3 is 10.4 Å². The van der Waals surface area contributed by atoms with E-state index in [1.807, 2.05) is 0 Å². The number of nitrogens with one attached hydrogen (secondary N) is 1. The molecule has 0 heterocycles. The predicted molar refractivity (Wildman–Crippen MR) is 115 cm³/mol. The van der Waals surface area contributed by atoms with Crippen LogP contribution in [0.5, 0.6) is 0 Å². The third-order valence-electron chi connectivity index (χ3n) is 4.23. The number of sulfone groups is 2. The molecule has 0 aliphatic heterocycles. The number of hydrogen-bond donors (Lipinski definition) is 1. The van der Waals surface area contributed by atoms with Gasteiger partial charge in [-0.2, -0.15) is 0 Å². The molecule has 10 heteroatoms. The van der Waals surface area contributed by atoms with Gasteiger partial charge in [-0.25, -0.2) is 26.0 Å². The number of alkyl halides is 1. The number of benzene rings is 2. The van der Waals surface area contributed by atoms with Crippen LogP contribution in [-0.4, -0.2) is 39.4 Å². The van der Waals surface area contributed by atoms with Crippen LogP contribution in [0.15, 0.2) is 70.5 Å². The second-order valence-electron chi connectivity index (χ2n) is 7.83. The molecule has 0 bridgehead atoms. The van der Waals surface area contributed by atoms with Crippen LogP contribution in [-0.2, 0) is 24.4 Å². The van der Waals surface area contributed by atoms with E-state index >= 15 is 4.39 Å². The maximum absolute atomic E-state index is 16.2. The monoisotopic (exact) mass is 471 g/mol. The zero-order chi connectivity index (χ0) is 23.3. The van der Waals surface area contributed by atoms with E-state index in [4.69, 9.17) is 4.74 Å². The van der Waals surface area contributed by atoms with Gasteiger partial charge in [0, 0.05) is 13.0 Å². The van der Waals surface area contributed by atoms with Crippen LogP contribution in [0.2, 0.25) is 0 Å². The van der Waals surface area contributed by atoms with E-state index in [0.717, 1.165) is 24.3 Å². The highest BCUT2D eigenvalue weighted by Gasteiger charge is 2.56. The number of amides is 1. The van der Waals surface area contributed by atoms with Crippen LogP contribution >= 0.6 is 0 Å². The number of ether oxygens (including phenoxy) is 1. The van der Waals surface area contributed by atoms with Crippen LogP contribution in [0.1, 0.15) is 33.6 Å². The van der Waals surface area contributed by atoms with Gasteiger partial charge in [0.1, 0.15) is 5.60 Å². The standard InChI is InChI=1S/C21H26FNO6S2/c1-20(2,3)29-19(24)23-16-10-15-21(22,30(25,26)17-11-6-4-7-12-17)31(27,28)18-13-8-5-9-14-18/h4-9,11-14H,10,15-16H2,1-3H3,(H,23,24). The van der Waals surface area contributed by atoms with Crippen molar-refractivity contribution in [1.82, 2.24) is 5.32 Å². The molecule has 0 atom stereocenters. The quantitative estimate of drug-likeness (QED) is 0.586. The van der Waals surface area contributed by atoms with Crippen molar-refractivity contribution >= 4 is 25.8 Å². The van der Waals surface area contributed by atoms with Crippen LogP contribution in [0.25, 0.3) is 0 Å². The van der Waals surface area contributed by atoms with Gasteiger partial charge in [-0.1, -0.05) is 36.4 Å². The van der Waals surface area contributed by atoms with E-state index < -0.39 is 51.9 Å². The van der Waals surface area contributed by atoms with Gasteiger partial charge < -0.3 is 10.1 Å². The first kappa shape index (κ1) is 24.8. The molecule has 0 aromatic heterocycles. The maximum Gasteiger partial charge on any atom is 0.407 e. The zero-order valence-electron chi connectivity index (χ0n) is 17.5. The largest absolute Gasteiger partial charge is 0.444 e. The zero-order valence-corrected chi connectivity index (χ0v) is 19.2. The van der Waals surface area contributed by atoms with Gasteiger partial charge in [0.05, 0.1) is 9.79 Å². The molecule has 0 aliphatic rings. The van der Waals surface area contributed by atoms with Crippen molar-refractivity contribution in [2.45, 2.75) is 53.3 Å². The topological polar surface area (TPSA) is 107 Å². The molecule has 170 valence electrons. The third-order valence-corrected chi connectivity index (χ3v) is 9.35. The molecule has 0 fully saturated rings. The Balaban J connectivity index is 2.35. The van der Waals surface area contributed by atoms with E-state index in [0.29, 0.717) is 0 Å². The minimum Gasteiger partial charge on any atom is -0.444 e. The fourth-order valence-corrected chi connectivity index (χ4v) is 7.06. The summed E-state index contributed by atoms with van der Waals surface area (Å²) in [5.41, 5.74) is -0.749. The number of hydrogen-bond acceptors (Lipinski definition) is 6. The summed E-state index contributed by atoms with van der Waals surface area (Å²) in [5, 5.41) is 2.38. The molecule has 0 saturated carbocycles. The molecule has 0 unspecified atom stereocenters. The molecule has 0 saturated heterocycles. The summed E-state index contributed by atoms with van der Waals surface area (Å²) in [6, 6.07) is 13.2. The lowest BCUT2D eigenvalue weighted by atomic mass is 10.2. The third kappa shape index (κ3) is 5.62. The van der Waals surface area contributed by atoms with Crippen LogP contribution in [0.3, 0.4) is 0 Å². The summed E-state index contributed by atoms with van der Waals surface area (Å²) in [5.74, 6) is 0. The van der Waals surface area contributed by atoms with Gasteiger partial charge in [0.2, 0.25) is 19.7 Å². The van der Waals surface area contributed by atoms with Crippen molar-refractivity contribution < 1.29 is 30.8 Å². The summed E-state index contributed by atoms with van der Waals surface area (Å²) in [7, 11) is -9.87. The number of rotatable bonds is 8. The van der Waals surface area contributed by atoms with E-state index in [2.05, 4.69) is 5.32 Å². The minimum absolute atomic E-state index is 0.171. The lowest BCUT2D eigenvalue weighted by Crippen LogP contribution is -2.43. The average Bonchev–Trinajstić information content (AvgIpc) is 2.70. The molecule has 0 radical (unpaired) electrons. The van der Waals surface area contributed by atoms with Crippen molar-refractivity contribution in [2.24, 2.45) is 0 Å². The molecule has 1 N–H and O–H groups in total. The predicted octanol–water partition coefficient (Wildman–Crippen LogP) is 3.86. The summed E-state index contributed by atoms with van der Waals surface area (Å²) in [6.07, 6.45) is -1.90. The van der Waals surface area contributed by atoms with Crippen LogP contribution in [0, 0.1) is 0 Å². The number of halogens is 1. The number of alkyl carbamates (subject to hydrolysis) is 1. The Morgan fingerprint density at radius 2 is 1.29 bits per heavy atom. The van der Waals surface area contributed by atoms with Crippen LogP contribution < -0.4 is 5.32 Å². The highest BCUT2D eigenvalue weighted by molar-refractivity contribution is 8.10. The molecular weight excluding hydrogens is 445 g/mol. The van der Waals surface area contributed by atoms with Crippen LogP contribution in [0.4, 0.5) is 9.18 Å². The number of carbonyl (C=O) groups is 1. The molecule has 0 aliphatic carbocycles. The molecule has 2 aromatic carbocycles. The summed E-state index contributed by atoms with van der Waals surface area (Å²) >= 11 is 0. The normalized spacial score (nSPS) is 12.9. The Bertz CT molecular complexity index is 1030. The minimum atomic E-state index is -4.93. The number of carbonyl (C=O) groups excluding carboxylic acids is 1. The van der Waals surface area contributed by atoms with E-state index in [-0.39, 0.29) is 13.0 Å². The lowest BCUT2D eigenvalue weighted by Gasteiger charge is -2.26. The molecule has 31 heavy (non-hydrogen) atoms. The van der Waals surface area contributed by atoms with E-state index in [9.17, 15) is 21.6 Å². The fourth-order valence-electron chi connectivity index (χ4n) is 2.77. The Morgan fingerprint density at radius 1 is 0.871 bits per heavy atom. The SMILES string of the molecule is CC(C)(C)OC(=O)NCCCC(F)(S(=O)(=O)c1ccccc1)S(=O)(=O)c1ccccc1. The summed E-state index contributed by atoms with van der Waals surface area (Å²) in [4.78, 5) is 10.9. The van der Waals surface area contributed by atoms with Gasteiger partial charge in [-0.3, -0.25) is 0 Å². The Labute approximate surface area is 182 Å². The molecule has 2 rings (SSSR count). The Morgan fingerprint density at radius 3 is 1.68 bits per heavy atom. The van der Waals surface area contributed by atoms with Gasteiger partial charge in [-0.15, -0.1) is 0 Å². The Hall–Kier alpha value is -2.46. The first-order valence-corrected chi connectivity index (χ1v) is 12.5. The molecular formula is C21H26FNO6S2. The smallest absolute Gasteiger partial charge is 0.407 e. The highest BCUT2D eigenvalue weighted by atomic mass is 32.3. The molecule has 0 spiro atoms. The second-order valence-corrected chi connectivity index (χ2v) is 12.3. The first-order chi connectivity index (χ1) is 14.3. The van der Waals surface area contributed by atoms with Gasteiger partial charge in [0.25, 0.3) is 0 Å². The second kappa shape index (κ2) is 9.35. The van der Waals surface area contributed by atoms with Crippen molar-refractivity contribution in [3.8, 4) is 0 Å². The highest BCUT2D eigenvalue weighted by Crippen LogP contribution is 2.40. The fraction of sp³-hybridized carbons (Fsp3) is 0.381. The van der Waals surface area contributed by atoms with Gasteiger partial charge in [-0.05, 0) is 51.5 Å². The van der Waals surface area contributed by atoms with E-state index in [1.165, 1.54) is 36.4 Å². The lowest BCUT2D eigenvalue weighted by molar-refractivity contribution is 0.0526. The Kier molecular flexibility index (Phi) is 7.48. The molecule has 7 nitrogen and oxygen atoms in total. The van der Waals surface area contributed by atoms with Crippen molar-refractivity contribution in [1.29, 1.82) is 0 Å². The maximum atomic E-state index is 16.2. The van der Waals surface area contributed by atoms with Crippen molar-refractivity contribution in [3.05, 3.63) is 60.7 Å². The van der Waals surface area contributed by atoms with Crippen molar-refractivity contribution in [3.63, 3.8) is 0 Å². The average molecular weight is 472 g/mol. The van der Waals surface area contributed by atoms with Crippen molar-refractivity contribution in [2.75, 3.05) is 6.54 Å². The summed E-state index contributed by atoms with van der Waals surface area (Å²) < 4.78 is 70.1. The molecule has 2 aromatic rings.